The number of nitrogens with one attached hydrogen (secondary N) is 1. The summed E-state index contributed by atoms with van der Waals surface area (Å²) < 4.78 is 33.2. The van der Waals surface area contributed by atoms with Crippen LogP contribution in [0.4, 0.5) is 0 Å². The smallest absolute Gasteiger partial charge is 0.160 e. The van der Waals surface area contributed by atoms with Gasteiger partial charge >= 0.3 is 0 Å². The van der Waals surface area contributed by atoms with E-state index >= 15 is 0 Å². The number of methoxy groups -OCH3 is 2. The third-order valence-corrected chi connectivity index (χ3v) is 5.31. The van der Waals surface area contributed by atoms with Crippen molar-refractivity contribution in [3.05, 3.63) is 23.8 Å². The molecule has 21 heavy (non-hydrogen) atoms. The summed E-state index contributed by atoms with van der Waals surface area (Å²) >= 11 is 0. The minimum atomic E-state index is -3.11. The predicted octanol–water partition coefficient (Wildman–Crippen LogP) is -0.00620. The maximum atomic E-state index is 11.4. The van der Waals surface area contributed by atoms with Crippen molar-refractivity contribution >= 4 is 9.84 Å². The third-order valence-electron chi connectivity index (χ3n) is 3.59. The lowest BCUT2D eigenvalue weighted by Crippen LogP contribution is -2.39. The van der Waals surface area contributed by atoms with Crippen molar-refractivity contribution in [3.63, 3.8) is 0 Å². The Bertz CT molecular complexity index is 587. The first-order valence-electron chi connectivity index (χ1n) is 6.78. The highest BCUT2D eigenvalue weighted by Gasteiger charge is 2.35. The lowest BCUT2D eigenvalue weighted by Gasteiger charge is -2.15. The molecule has 1 saturated heterocycles. The zero-order valence-corrected chi connectivity index (χ0v) is 13.0. The maximum Gasteiger partial charge on any atom is 0.160 e. The van der Waals surface area contributed by atoms with E-state index in [1.807, 2.05) is 18.2 Å². The van der Waals surface area contributed by atoms with Gasteiger partial charge in [0.05, 0.1) is 31.8 Å². The van der Waals surface area contributed by atoms with Crippen molar-refractivity contribution < 1.29 is 23.0 Å². The molecule has 7 heteroatoms. The Balaban J connectivity index is 1.89. The van der Waals surface area contributed by atoms with Gasteiger partial charge in [-0.15, -0.1) is 0 Å². The van der Waals surface area contributed by atoms with Crippen molar-refractivity contribution in [3.8, 4) is 11.5 Å². The number of sulfone groups is 1. The molecule has 0 unspecified atom stereocenters. The second-order valence-electron chi connectivity index (χ2n) is 5.14. The van der Waals surface area contributed by atoms with Crippen LogP contribution in [0.5, 0.6) is 11.5 Å². The summed E-state index contributed by atoms with van der Waals surface area (Å²) in [4.78, 5) is 0. The summed E-state index contributed by atoms with van der Waals surface area (Å²) in [5, 5.41) is 12.8. The van der Waals surface area contributed by atoms with Crippen molar-refractivity contribution in [2.45, 2.75) is 18.6 Å². The molecule has 0 amide bonds. The number of hydrogen-bond acceptors (Lipinski definition) is 6. The first kappa shape index (κ1) is 16.1. The topological polar surface area (TPSA) is 84.9 Å². The number of ether oxygens (including phenoxy) is 2. The van der Waals surface area contributed by atoms with E-state index < -0.39 is 15.9 Å². The average molecular weight is 315 g/mol. The fraction of sp³-hybridized carbons (Fsp3) is 0.571. The van der Waals surface area contributed by atoms with Crippen LogP contribution in [0, 0.1) is 0 Å². The van der Waals surface area contributed by atoms with Gasteiger partial charge in [0.2, 0.25) is 0 Å². The normalized spacial score (nSPS) is 24.0. The molecule has 1 heterocycles. The van der Waals surface area contributed by atoms with Crippen molar-refractivity contribution in [1.29, 1.82) is 0 Å². The second kappa shape index (κ2) is 6.64. The molecule has 118 valence electrons. The van der Waals surface area contributed by atoms with Crippen molar-refractivity contribution in [1.82, 2.24) is 5.32 Å². The molecule has 0 spiro atoms. The van der Waals surface area contributed by atoms with E-state index in [0.717, 1.165) is 5.56 Å². The third kappa shape index (κ3) is 4.09. The Hall–Kier alpha value is -1.31. The molecule has 1 fully saturated rings. The van der Waals surface area contributed by atoms with Crippen molar-refractivity contribution in [2.75, 3.05) is 32.3 Å². The van der Waals surface area contributed by atoms with E-state index in [-0.39, 0.29) is 17.5 Å². The SMILES string of the molecule is COc1ccc(CCN[C@@H]2CS(=O)(=O)C[C@H]2O)cc1OC. The minimum absolute atomic E-state index is 0.0000995. The van der Waals surface area contributed by atoms with Crippen LogP contribution in [0.3, 0.4) is 0 Å². The van der Waals surface area contributed by atoms with Crippen LogP contribution in [0.1, 0.15) is 5.56 Å². The summed E-state index contributed by atoms with van der Waals surface area (Å²) in [5.41, 5.74) is 1.05. The molecule has 1 aliphatic heterocycles. The van der Waals surface area contributed by atoms with Crippen LogP contribution in [-0.4, -0.2) is 57.9 Å². The molecular formula is C14H21NO5S. The second-order valence-corrected chi connectivity index (χ2v) is 7.30. The van der Waals surface area contributed by atoms with E-state index in [4.69, 9.17) is 9.47 Å². The van der Waals surface area contributed by atoms with Crippen LogP contribution in [0.2, 0.25) is 0 Å². The lowest BCUT2D eigenvalue weighted by atomic mass is 10.1. The van der Waals surface area contributed by atoms with Gasteiger partial charge in [0.25, 0.3) is 0 Å². The predicted molar refractivity (Wildman–Crippen MR) is 79.7 cm³/mol. The highest BCUT2D eigenvalue weighted by atomic mass is 32.2. The van der Waals surface area contributed by atoms with Crippen LogP contribution < -0.4 is 14.8 Å². The van der Waals surface area contributed by atoms with Gasteiger partial charge in [-0.1, -0.05) is 6.07 Å². The summed E-state index contributed by atoms with van der Waals surface area (Å²) in [6.07, 6.45) is -0.107. The molecule has 0 bridgehead atoms. The van der Waals surface area contributed by atoms with Crippen LogP contribution in [-0.2, 0) is 16.3 Å². The summed E-state index contributed by atoms with van der Waals surface area (Å²) in [7, 11) is 0.0589. The van der Waals surface area contributed by atoms with E-state index in [2.05, 4.69) is 5.32 Å². The molecule has 0 radical (unpaired) electrons. The zero-order valence-electron chi connectivity index (χ0n) is 12.2. The minimum Gasteiger partial charge on any atom is -0.493 e. The van der Waals surface area contributed by atoms with E-state index in [1.165, 1.54) is 0 Å². The molecule has 0 saturated carbocycles. The molecule has 0 aliphatic carbocycles. The van der Waals surface area contributed by atoms with Gasteiger partial charge in [-0.3, -0.25) is 0 Å². The first-order valence-corrected chi connectivity index (χ1v) is 8.60. The maximum absolute atomic E-state index is 11.4. The zero-order chi connectivity index (χ0) is 15.5. The Labute approximate surface area is 125 Å². The molecule has 2 rings (SSSR count). The monoisotopic (exact) mass is 315 g/mol. The van der Waals surface area contributed by atoms with Crippen LogP contribution >= 0.6 is 0 Å². The largest absolute Gasteiger partial charge is 0.493 e. The lowest BCUT2D eigenvalue weighted by molar-refractivity contribution is 0.166. The number of aliphatic hydroxyl groups excluding tert-OH is 1. The number of hydrogen-bond donors (Lipinski definition) is 2. The van der Waals surface area contributed by atoms with Gasteiger partial charge in [-0.2, -0.15) is 0 Å². The van der Waals surface area contributed by atoms with Crippen LogP contribution in [0.15, 0.2) is 18.2 Å². The first-order chi connectivity index (χ1) is 9.95. The van der Waals surface area contributed by atoms with Gasteiger partial charge < -0.3 is 19.9 Å². The van der Waals surface area contributed by atoms with E-state index in [9.17, 15) is 13.5 Å². The van der Waals surface area contributed by atoms with Crippen molar-refractivity contribution in [2.24, 2.45) is 0 Å². The molecule has 6 nitrogen and oxygen atoms in total. The van der Waals surface area contributed by atoms with Gasteiger partial charge in [0.15, 0.2) is 21.3 Å². The molecule has 2 atom stereocenters. The molecular weight excluding hydrogens is 294 g/mol. The van der Waals surface area contributed by atoms with Gasteiger partial charge in [0, 0.05) is 6.04 Å². The van der Waals surface area contributed by atoms with E-state index in [0.29, 0.717) is 24.5 Å². The quantitative estimate of drug-likeness (QED) is 0.768. The Morgan fingerprint density at radius 1 is 1.24 bits per heavy atom. The average Bonchev–Trinajstić information content (AvgIpc) is 2.71. The van der Waals surface area contributed by atoms with Gasteiger partial charge in [-0.05, 0) is 30.7 Å². The highest BCUT2D eigenvalue weighted by molar-refractivity contribution is 7.91. The van der Waals surface area contributed by atoms with Crippen LogP contribution in [0.25, 0.3) is 0 Å². The summed E-state index contributed by atoms with van der Waals surface area (Å²) in [6, 6.07) is 5.28. The fourth-order valence-electron chi connectivity index (χ4n) is 2.46. The summed E-state index contributed by atoms with van der Waals surface area (Å²) in [6.45, 7) is 0.590. The van der Waals surface area contributed by atoms with Gasteiger partial charge in [0.1, 0.15) is 0 Å². The Morgan fingerprint density at radius 3 is 2.52 bits per heavy atom. The fourth-order valence-corrected chi connectivity index (χ4v) is 4.24. The summed E-state index contributed by atoms with van der Waals surface area (Å²) in [5.74, 6) is 1.19. The van der Waals surface area contributed by atoms with E-state index in [1.54, 1.807) is 14.2 Å². The number of rotatable bonds is 6. The molecule has 1 aromatic rings. The Morgan fingerprint density at radius 2 is 1.95 bits per heavy atom. The molecule has 2 N–H and O–H groups in total. The standard InChI is InChI=1S/C14H21NO5S/c1-19-13-4-3-10(7-14(13)20-2)5-6-15-11-8-21(17,18)9-12(11)16/h3-4,7,11-12,15-16H,5-6,8-9H2,1-2H3/t11-,12-/m1/s1. The van der Waals surface area contributed by atoms with Gasteiger partial charge in [-0.25, -0.2) is 8.42 Å². The number of benzene rings is 1. The molecule has 0 aromatic heterocycles. The highest BCUT2D eigenvalue weighted by Crippen LogP contribution is 2.27. The Kier molecular flexibility index (Phi) is 5.08. The molecule has 1 aromatic carbocycles. The number of aliphatic hydroxyl groups is 1. The molecule has 1 aliphatic rings.